The summed E-state index contributed by atoms with van der Waals surface area (Å²) in [6, 6.07) is 8.13. The molecule has 1 amide bonds. The minimum Gasteiger partial charge on any atom is -0.491 e. The Labute approximate surface area is 132 Å². The molecule has 0 radical (unpaired) electrons. The number of hydrogen-bond donors (Lipinski definition) is 1. The third-order valence-corrected chi connectivity index (χ3v) is 4.42. The van der Waals surface area contributed by atoms with Crippen LogP contribution in [0.15, 0.2) is 24.3 Å². The highest BCUT2D eigenvalue weighted by atomic mass is 16.5. The Hall–Kier alpha value is -1.59. The number of likely N-dealkylation sites (N-methyl/N-ethyl adjacent to an activating group) is 1. The first-order valence-electron chi connectivity index (χ1n) is 8.11. The molecule has 2 heterocycles. The number of hydrogen-bond acceptors (Lipinski definition) is 4. The van der Waals surface area contributed by atoms with Crippen LogP contribution in [0.25, 0.3) is 0 Å². The number of nitrogens with zero attached hydrogens (tertiary/aromatic N) is 2. The maximum absolute atomic E-state index is 12.3. The zero-order chi connectivity index (χ0) is 15.4. The van der Waals surface area contributed by atoms with Crippen LogP contribution in [0, 0.1) is 0 Å². The molecule has 2 aliphatic heterocycles. The van der Waals surface area contributed by atoms with E-state index in [1.54, 1.807) is 0 Å². The summed E-state index contributed by atoms with van der Waals surface area (Å²) < 4.78 is 5.73. The summed E-state index contributed by atoms with van der Waals surface area (Å²) in [5.41, 5.74) is 1.18. The van der Waals surface area contributed by atoms with Gasteiger partial charge in [-0.25, -0.2) is 0 Å². The molecule has 3 rings (SSSR count). The van der Waals surface area contributed by atoms with Crippen molar-refractivity contribution in [2.75, 3.05) is 46.4 Å². The molecule has 1 N–H and O–H groups in total. The van der Waals surface area contributed by atoms with Gasteiger partial charge in [0.1, 0.15) is 12.4 Å². The molecule has 5 heteroatoms. The van der Waals surface area contributed by atoms with E-state index in [1.807, 2.05) is 18.2 Å². The van der Waals surface area contributed by atoms with E-state index in [1.165, 1.54) is 5.56 Å². The molecule has 0 unspecified atom stereocenters. The summed E-state index contributed by atoms with van der Waals surface area (Å²) in [5, 5.41) is 3.12. The van der Waals surface area contributed by atoms with E-state index >= 15 is 0 Å². The Morgan fingerprint density at radius 1 is 1.27 bits per heavy atom. The van der Waals surface area contributed by atoms with Gasteiger partial charge in [-0.2, -0.15) is 0 Å². The molecule has 0 saturated carbocycles. The summed E-state index contributed by atoms with van der Waals surface area (Å²) in [4.78, 5) is 16.8. The number of carbonyl (C=O) groups excluding carboxylic acids is 1. The van der Waals surface area contributed by atoms with Gasteiger partial charge in [0.25, 0.3) is 0 Å². The Morgan fingerprint density at radius 3 is 3.05 bits per heavy atom. The highest BCUT2D eigenvalue weighted by Crippen LogP contribution is 2.23. The van der Waals surface area contributed by atoms with Crippen molar-refractivity contribution >= 4 is 5.91 Å². The van der Waals surface area contributed by atoms with Gasteiger partial charge >= 0.3 is 0 Å². The highest BCUT2D eigenvalue weighted by molar-refractivity contribution is 5.78. The zero-order valence-corrected chi connectivity index (χ0v) is 13.3. The van der Waals surface area contributed by atoms with Crippen molar-refractivity contribution in [2.45, 2.75) is 18.9 Å². The van der Waals surface area contributed by atoms with Crippen LogP contribution >= 0.6 is 0 Å². The molecule has 0 bridgehead atoms. The van der Waals surface area contributed by atoms with Crippen LogP contribution < -0.4 is 10.1 Å². The molecule has 120 valence electrons. The second-order valence-electron chi connectivity index (χ2n) is 6.32. The van der Waals surface area contributed by atoms with Crippen LogP contribution in [0.2, 0.25) is 0 Å². The molecule has 0 aromatic heterocycles. The molecule has 1 aromatic rings. The number of amides is 1. The number of fused-ring (bicyclic) bond motifs is 1. The summed E-state index contributed by atoms with van der Waals surface area (Å²) >= 11 is 0. The van der Waals surface area contributed by atoms with Crippen molar-refractivity contribution in [3.8, 4) is 5.75 Å². The Bertz CT molecular complexity index is 520. The van der Waals surface area contributed by atoms with Crippen LogP contribution in [-0.4, -0.2) is 68.1 Å². The van der Waals surface area contributed by atoms with E-state index in [2.05, 4.69) is 28.2 Å². The van der Waals surface area contributed by atoms with Crippen LogP contribution in [0.3, 0.4) is 0 Å². The number of rotatable bonds is 3. The first-order chi connectivity index (χ1) is 10.7. The van der Waals surface area contributed by atoms with E-state index < -0.39 is 0 Å². The van der Waals surface area contributed by atoms with E-state index in [4.69, 9.17) is 4.74 Å². The first kappa shape index (κ1) is 15.3. The van der Waals surface area contributed by atoms with Gasteiger partial charge in [0.05, 0.1) is 12.6 Å². The molecule has 1 aromatic carbocycles. The molecule has 1 atom stereocenters. The van der Waals surface area contributed by atoms with Gasteiger partial charge in [-0.15, -0.1) is 0 Å². The number of para-hydroxylation sites is 1. The summed E-state index contributed by atoms with van der Waals surface area (Å²) in [5.74, 6) is 1.06. The van der Waals surface area contributed by atoms with E-state index in [0.717, 1.165) is 44.8 Å². The fraction of sp³-hybridized carbons (Fsp3) is 0.588. The molecule has 22 heavy (non-hydrogen) atoms. The lowest BCUT2D eigenvalue weighted by Gasteiger charge is -2.27. The third kappa shape index (κ3) is 3.99. The molecule has 0 spiro atoms. The normalized spacial score (nSPS) is 23.2. The van der Waals surface area contributed by atoms with E-state index in [-0.39, 0.29) is 11.9 Å². The van der Waals surface area contributed by atoms with Gasteiger partial charge in [-0.1, -0.05) is 18.2 Å². The molecule has 0 aliphatic carbocycles. The second-order valence-corrected chi connectivity index (χ2v) is 6.32. The van der Waals surface area contributed by atoms with Gasteiger partial charge < -0.3 is 15.0 Å². The van der Waals surface area contributed by atoms with E-state index in [0.29, 0.717) is 13.2 Å². The molecular formula is C17H25N3O2. The lowest BCUT2D eigenvalue weighted by molar-refractivity contribution is -0.123. The fourth-order valence-electron chi connectivity index (χ4n) is 3.16. The van der Waals surface area contributed by atoms with Crippen molar-refractivity contribution in [1.29, 1.82) is 0 Å². The highest BCUT2D eigenvalue weighted by Gasteiger charge is 2.22. The largest absolute Gasteiger partial charge is 0.491 e. The van der Waals surface area contributed by atoms with Crippen molar-refractivity contribution in [3.05, 3.63) is 29.8 Å². The predicted molar refractivity (Wildman–Crippen MR) is 86.1 cm³/mol. The van der Waals surface area contributed by atoms with Crippen LogP contribution in [0.4, 0.5) is 0 Å². The number of nitrogens with one attached hydrogen (secondary N) is 1. The molecule has 1 saturated heterocycles. The molecule has 5 nitrogen and oxygen atoms in total. The van der Waals surface area contributed by atoms with Gasteiger partial charge in [0.15, 0.2) is 0 Å². The van der Waals surface area contributed by atoms with Gasteiger partial charge in [-0.3, -0.25) is 9.69 Å². The van der Waals surface area contributed by atoms with Crippen LogP contribution in [0.1, 0.15) is 12.0 Å². The fourth-order valence-corrected chi connectivity index (χ4v) is 3.16. The third-order valence-electron chi connectivity index (χ3n) is 4.42. The Balaban J connectivity index is 1.48. The predicted octanol–water partition coefficient (Wildman–Crippen LogP) is 0.744. The molecular weight excluding hydrogens is 278 g/mol. The summed E-state index contributed by atoms with van der Waals surface area (Å²) in [6.07, 6.45) is 1.98. The zero-order valence-electron chi connectivity index (χ0n) is 13.3. The number of carbonyl (C=O) groups is 1. The van der Waals surface area contributed by atoms with Gasteiger partial charge in [0.2, 0.25) is 5.91 Å². The average Bonchev–Trinajstić information content (AvgIpc) is 2.72. The van der Waals surface area contributed by atoms with Crippen molar-refractivity contribution < 1.29 is 9.53 Å². The first-order valence-corrected chi connectivity index (χ1v) is 8.11. The van der Waals surface area contributed by atoms with Crippen molar-refractivity contribution in [1.82, 2.24) is 15.1 Å². The lowest BCUT2D eigenvalue weighted by Crippen LogP contribution is -2.47. The minimum atomic E-state index is 0.0806. The summed E-state index contributed by atoms with van der Waals surface area (Å²) in [6.45, 7) is 5.17. The number of benzene rings is 1. The van der Waals surface area contributed by atoms with Crippen molar-refractivity contribution in [3.63, 3.8) is 0 Å². The Kier molecular flexibility index (Phi) is 4.95. The topological polar surface area (TPSA) is 44.8 Å². The SMILES string of the molecule is CN1CCCN(CC(=O)N[C@@H]2COc3ccccc3C2)CC1. The standard InChI is InChI=1S/C17H25N3O2/c1-19-7-4-8-20(10-9-19)12-17(21)18-15-11-14-5-2-3-6-16(14)22-13-15/h2-3,5-6,15H,4,7-13H2,1H3,(H,18,21)/t15-/m0/s1. The maximum Gasteiger partial charge on any atom is 0.234 e. The van der Waals surface area contributed by atoms with Crippen molar-refractivity contribution in [2.24, 2.45) is 0 Å². The quantitative estimate of drug-likeness (QED) is 0.895. The smallest absolute Gasteiger partial charge is 0.234 e. The van der Waals surface area contributed by atoms with E-state index in [9.17, 15) is 4.79 Å². The minimum absolute atomic E-state index is 0.0806. The molecule has 2 aliphatic rings. The lowest BCUT2D eigenvalue weighted by atomic mass is 10.0. The van der Waals surface area contributed by atoms with Crippen LogP contribution in [0.5, 0.6) is 5.75 Å². The second kappa shape index (κ2) is 7.11. The van der Waals surface area contributed by atoms with Crippen LogP contribution in [-0.2, 0) is 11.2 Å². The van der Waals surface area contributed by atoms with Gasteiger partial charge in [0, 0.05) is 13.1 Å². The maximum atomic E-state index is 12.3. The van der Waals surface area contributed by atoms with Gasteiger partial charge in [-0.05, 0) is 44.6 Å². The number of ether oxygens (including phenoxy) is 1. The summed E-state index contributed by atoms with van der Waals surface area (Å²) in [7, 11) is 2.14. The average molecular weight is 303 g/mol. The molecule has 1 fully saturated rings. The monoisotopic (exact) mass is 303 g/mol. The Morgan fingerprint density at radius 2 is 2.14 bits per heavy atom.